The van der Waals surface area contributed by atoms with E-state index in [0.29, 0.717) is 12.3 Å². The number of carbonyl (C=O) groups excluding carboxylic acids is 1. The molecule has 3 heterocycles. The van der Waals surface area contributed by atoms with Gasteiger partial charge in [0, 0.05) is 50.6 Å². The van der Waals surface area contributed by atoms with Gasteiger partial charge in [0.05, 0.1) is 5.69 Å². The second-order valence-corrected chi connectivity index (χ2v) is 6.90. The first-order valence-electron chi connectivity index (χ1n) is 8.80. The van der Waals surface area contributed by atoms with E-state index in [4.69, 9.17) is 0 Å². The Hall–Kier alpha value is -2.11. The van der Waals surface area contributed by atoms with Gasteiger partial charge in [-0.2, -0.15) is 5.10 Å². The van der Waals surface area contributed by atoms with E-state index in [9.17, 15) is 4.79 Å². The molecule has 24 heavy (non-hydrogen) atoms. The maximum Gasteiger partial charge on any atom is 0.222 e. The highest BCUT2D eigenvalue weighted by Gasteiger charge is 2.24. The van der Waals surface area contributed by atoms with Gasteiger partial charge in [0.15, 0.2) is 0 Å². The predicted molar refractivity (Wildman–Crippen MR) is 92.7 cm³/mol. The second kappa shape index (κ2) is 7.20. The Labute approximate surface area is 143 Å². The van der Waals surface area contributed by atoms with Gasteiger partial charge in [0.2, 0.25) is 5.91 Å². The number of nitrogens with one attached hydrogen (secondary N) is 1. The number of hydrogen-bond donors (Lipinski definition) is 1. The number of piperidine rings is 1. The zero-order chi connectivity index (χ0) is 17.1. The van der Waals surface area contributed by atoms with Crippen LogP contribution in [0.25, 0.3) is 0 Å². The Morgan fingerprint density at radius 1 is 1.38 bits per heavy atom. The van der Waals surface area contributed by atoms with Crippen LogP contribution < -0.4 is 0 Å². The minimum Gasteiger partial charge on any atom is -0.342 e. The molecule has 0 bridgehead atoms. The van der Waals surface area contributed by atoms with Crippen LogP contribution in [0.4, 0.5) is 0 Å². The van der Waals surface area contributed by atoms with Crippen LogP contribution in [0.15, 0.2) is 12.4 Å². The lowest BCUT2D eigenvalue weighted by atomic mass is 9.97. The number of likely N-dealkylation sites (tertiary alicyclic amines) is 1. The monoisotopic (exact) mass is 329 g/mol. The quantitative estimate of drug-likeness (QED) is 0.916. The summed E-state index contributed by atoms with van der Waals surface area (Å²) in [6.45, 7) is 8.79. The summed E-state index contributed by atoms with van der Waals surface area (Å²) in [4.78, 5) is 18.9. The maximum absolute atomic E-state index is 12.6. The molecule has 0 unspecified atom stereocenters. The average molecular weight is 329 g/mol. The fourth-order valence-corrected chi connectivity index (χ4v) is 3.48. The highest BCUT2D eigenvalue weighted by molar-refractivity contribution is 5.76. The molecule has 0 aromatic carbocycles. The summed E-state index contributed by atoms with van der Waals surface area (Å²) in [6.07, 6.45) is 7.40. The smallest absolute Gasteiger partial charge is 0.222 e. The molecular formula is C18H27N5O. The predicted octanol–water partition coefficient (Wildman–Crippen LogP) is 2.40. The van der Waals surface area contributed by atoms with Crippen molar-refractivity contribution in [3.63, 3.8) is 0 Å². The molecule has 1 N–H and O–H groups in total. The molecule has 2 aromatic heterocycles. The van der Waals surface area contributed by atoms with Gasteiger partial charge in [0.25, 0.3) is 0 Å². The first-order chi connectivity index (χ1) is 11.5. The summed E-state index contributed by atoms with van der Waals surface area (Å²) >= 11 is 0. The van der Waals surface area contributed by atoms with Crippen LogP contribution in [0.3, 0.4) is 0 Å². The Kier molecular flexibility index (Phi) is 5.02. The van der Waals surface area contributed by atoms with Crippen molar-refractivity contribution in [1.82, 2.24) is 24.6 Å². The number of imidazole rings is 1. The zero-order valence-corrected chi connectivity index (χ0v) is 14.9. The molecule has 1 atom stereocenters. The van der Waals surface area contributed by atoms with E-state index in [2.05, 4.69) is 26.7 Å². The van der Waals surface area contributed by atoms with Crippen molar-refractivity contribution >= 4 is 5.91 Å². The fraction of sp³-hybridized carbons (Fsp3) is 0.611. The number of H-pyrrole nitrogens is 1. The van der Waals surface area contributed by atoms with Crippen molar-refractivity contribution in [1.29, 1.82) is 0 Å². The summed E-state index contributed by atoms with van der Waals surface area (Å²) in [6, 6.07) is 0. The Morgan fingerprint density at radius 3 is 2.88 bits per heavy atom. The molecule has 1 aliphatic heterocycles. The third-order valence-electron chi connectivity index (χ3n) is 5.18. The van der Waals surface area contributed by atoms with Gasteiger partial charge in [-0.3, -0.25) is 9.89 Å². The molecule has 0 saturated carbocycles. The van der Waals surface area contributed by atoms with E-state index in [1.54, 1.807) is 0 Å². The van der Waals surface area contributed by atoms with E-state index in [-0.39, 0.29) is 5.91 Å². The third kappa shape index (κ3) is 3.68. The number of aromatic nitrogens is 4. The van der Waals surface area contributed by atoms with Gasteiger partial charge < -0.3 is 9.47 Å². The molecule has 1 aliphatic rings. The third-order valence-corrected chi connectivity index (χ3v) is 5.18. The standard InChI is InChI=1S/C18H27N5O/c1-13-14(2)20-21-17(13)6-7-18(24)23-9-4-5-16(12-23)11-22-10-8-19-15(22)3/h8,10,16H,4-7,9,11-12H2,1-3H3,(H,20,21)/t16-/m0/s1. The average Bonchev–Trinajstić information content (AvgIpc) is 3.12. The minimum absolute atomic E-state index is 0.252. The number of aryl methyl sites for hydroxylation is 3. The van der Waals surface area contributed by atoms with Gasteiger partial charge in [0.1, 0.15) is 5.82 Å². The van der Waals surface area contributed by atoms with Crippen LogP contribution in [-0.2, 0) is 17.8 Å². The zero-order valence-electron chi connectivity index (χ0n) is 14.9. The van der Waals surface area contributed by atoms with E-state index >= 15 is 0 Å². The molecule has 0 spiro atoms. The van der Waals surface area contributed by atoms with Gasteiger partial charge >= 0.3 is 0 Å². The summed E-state index contributed by atoms with van der Waals surface area (Å²) in [5.74, 6) is 1.81. The highest BCUT2D eigenvalue weighted by atomic mass is 16.2. The Balaban J connectivity index is 1.53. The summed E-state index contributed by atoms with van der Waals surface area (Å²) in [7, 11) is 0. The largest absolute Gasteiger partial charge is 0.342 e. The SMILES string of the molecule is Cc1[nH]nc(CCC(=O)N2CCC[C@@H](Cn3ccnc3C)C2)c1C. The summed E-state index contributed by atoms with van der Waals surface area (Å²) < 4.78 is 2.19. The van der Waals surface area contributed by atoms with Crippen molar-refractivity contribution in [2.24, 2.45) is 5.92 Å². The van der Waals surface area contributed by atoms with Crippen LogP contribution in [0.2, 0.25) is 0 Å². The summed E-state index contributed by atoms with van der Waals surface area (Å²) in [5, 5.41) is 7.29. The molecule has 1 amide bonds. The van der Waals surface area contributed by atoms with Crippen LogP contribution in [0.5, 0.6) is 0 Å². The van der Waals surface area contributed by atoms with Crippen LogP contribution in [0, 0.1) is 26.7 Å². The number of hydrogen-bond acceptors (Lipinski definition) is 3. The number of rotatable bonds is 5. The molecule has 3 rings (SSSR count). The van der Waals surface area contributed by atoms with E-state index < -0.39 is 0 Å². The van der Waals surface area contributed by atoms with Crippen molar-refractivity contribution < 1.29 is 4.79 Å². The van der Waals surface area contributed by atoms with Crippen molar-refractivity contribution in [3.8, 4) is 0 Å². The Bertz CT molecular complexity index is 702. The molecule has 0 aliphatic carbocycles. The number of aromatic amines is 1. The molecule has 6 heteroatoms. The van der Waals surface area contributed by atoms with Crippen molar-refractivity contribution in [2.45, 2.75) is 53.0 Å². The lowest BCUT2D eigenvalue weighted by molar-refractivity contribution is -0.133. The van der Waals surface area contributed by atoms with Crippen LogP contribution >= 0.6 is 0 Å². The number of carbonyl (C=O) groups is 1. The van der Waals surface area contributed by atoms with Gasteiger partial charge in [-0.25, -0.2) is 4.98 Å². The van der Waals surface area contributed by atoms with Crippen molar-refractivity contribution in [2.75, 3.05) is 13.1 Å². The van der Waals surface area contributed by atoms with Gasteiger partial charge in [-0.1, -0.05) is 0 Å². The molecule has 1 fully saturated rings. The molecular weight excluding hydrogens is 302 g/mol. The fourth-order valence-electron chi connectivity index (χ4n) is 3.48. The second-order valence-electron chi connectivity index (χ2n) is 6.90. The normalized spacial score (nSPS) is 18.1. The van der Waals surface area contributed by atoms with E-state index in [0.717, 1.165) is 49.7 Å². The van der Waals surface area contributed by atoms with Crippen molar-refractivity contribution in [3.05, 3.63) is 35.2 Å². The minimum atomic E-state index is 0.252. The molecule has 130 valence electrons. The van der Waals surface area contributed by atoms with E-state index in [1.807, 2.05) is 31.1 Å². The molecule has 1 saturated heterocycles. The Morgan fingerprint density at radius 2 is 2.21 bits per heavy atom. The maximum atomic E-state index is 12.6. The number of amides is 1. The number of nitrogens with zero attached hydrogens (tertiary/aromatic N) is 4. The highest BCUT2D eigenvalue weighted by Crippen LogP contribution is 2.20. The van der Waals surface area contributed by atoms with Crippen LogP contribution in [-0.4, -0.2) is 43.6 Å². The van der Waals surface area contributed by atoms with Gasteiger partial charge in [-0.15, -0.1) is 0 Å². The first kappa shape index (κ1) is 16.7. The van der Waals surface area contributed by atoms with E-state index in [1.165, 1.54) is 12.0 Å². The van der Waals surface area contributed by atoms with Crippen LogP contribution in [0.1, 0.15) is 42.0 Å². The lowest BCUT2D eigenvalue weighted by Crippen LogP contribution is -2.41. The molecule has 6 nitrogen and oxygen atoms in total. The molecule has 0 radical (unpaired) electrons. The first-order valence-corrected chi connectivity index (χ1v) is 8.80. The topological polar surface area (TPSA) is 66.8 Å². The lowest BCUT2D eigenvalue weighted by Gasteiger charge is -2.33. The summed E-state index contributed by atoms with van der Waals surface area (Å²) in [5.41, 5.74) is 3.28. The van der Waals surface area contributed by atoms with Gasteiger partial charge in [-0.05, 0) is 45.1 Å². The molecule has 2 aromatic rings.